The third-order valence-corrected chi connectivity index (χ3v) is 2.64. The van der Waals surface area contributed by atoms with Gasteiger partial charge >= 0.3 is 6.18 Å². The maximum absolute atomic E-state index is 12.4. The summed E-state index contributed by atoms with van der Waals surface area (Å²) in [6.45, 7) is 2.78. The van der Waals surface area contributed by atoms with E-state index in [1.54, 1.807) is 0 Å². The van der Waals surface area contributed by atoms with Crippen molar-refractivity contribution in [3.05, 3.63) is 0 Å². The van der Waals surface area contributed by atoms with Crippen LogP contribution in [0.25, 0.3) is 0 Å². The van der Waals surface area contributed by atoms with E-state index in [0.29, 0.717) is 19.8 Å². The van der Waals surface area contributed by atoms with Gasteiger partial charge in [0.1, 0.15) is 0 Å². The minimum atomic E-state index is -4.17. The zero-order chi connectivity index (χ0) is 11.3. The SMILES string of the molecule is NCC(CCN1CCOCC1)C(F)(F)F. The number of ether oxygens (including phenoxy) is 1. The molecule has 2 N–H and O–H groups in total. The Morgan fingerprint density at radius 3 is 2.33 bits per heavy atom. The Hall–Kier alpha value is -0.330. The first-order valence-corrected chi connectivity index (χ1v) is 5.11. The molecule has 1 unspecified atom stereocenters. The molecular formula is C9H17F3N2O. The van der Waals surface area contributed by atoms with Crippen molar-refractivity contribution < 1.29 is 17.9 Å². The largest absolute Gasteiger partial charge is 0.393 e. The van der Waals surface area contributed by atoms with Gasteiger partial charge in [0.2, 0.25) is 0 Å². The third kappa shape index (κ3) is 4.36. The summed E-state index contributed by atoms with van der Waals surface area (Å²) in [5, 5.41) is 0. The minimum absolute atomic E-state index is 0.0833. The average molecular weight is 226 g/mol. The highest BCUT2D eigenvalue weighted by Crippen LogP contribution is 2.28. The van der Waals surface area contributed by atoms with Crippen LogP contribution < -0.4 is 5.73 Å². The fourth-order valence-electron chi connectivity index (χ4n) is 1.58. The van der Waals surface area contributed by atoms with E-state index < -0.39 is 12.1 Å². The van der Waals surface area contributed by atoms with Crippen LogP contribution in [-0.2, 0) is 4.74 Å². The number of hydrogen-bond acceptors (Lipinski definition) is 3. The van der Waals surface area contributed by atoms with Gasteiger partial charge in [0, 0.05) is 19.6 Å². The lowest BCUT2D eigenvalue weighted by Crippen LogP contribution is -2.40. The maximum atomic E-state index is 12.4. The normalized spacial score (nSPS) is 21.6. The number of halogens is 3. The zero-order valence-corrected chi connectivity index (χ0v) is 8.59. The Morgan fingerprint density at radius 2 is 1.87 bits per heavy atom. The second-order valence-corrected chi connectivity index (χ2v) is 3.72. The van der Waals surface area contributed by atoms with E-state index in [1.165, 1.54) is 0 Å². The Labute approximate surface area is 87.4 Å². The van der Waals surface area contributed by atoms with Crippen LogP contribution in [0.3, 0.4) is 0 Å². The van der Waals surface area contributed by atoms with Crippen LogP contribution in [0.1, 0.15) is 6.42 Å². The molecule has 1 rings (SSSR count). The zero-order valence-electron chi connectivity index (χ0n) is 8.59. The topological polar surface area (TPSA) is 38.5 Å². The van der Waals surface area contributed by atoms with Crippen molar-refractivity contribution in [2.75, 3.05) is 39.4 Å². The molecule has 1 fully saturated rings. The second kappa shape index (κ2) is 5.67. The number of rotatable bonds is 4. The number of nitrogens with two attached hydrogens (primary N) is 1. The molecule has 0 aromatic carbocycles. The smallest absolute Gasteiger partial charge is 0.379 e. The van der Waals surface area contributed by atoms with Gasteiger partial charge < -0.3 is 10.5 Å². The van der Waals surface area contributed by atoms with Crippen molar-refractivity contribution in [3.63, 3.8) is 0 Å². The van der Waals surface area contributed by atoms with Gasteiger partial charge in [-0.25, -0.2) is 0 Å². The van der Waals surface area contributed by atoms with Crippen LogP contribution in [0, 0.1) is 5.92 Å². The van der Waals surface area contributed by atoms with Crippen molar-refractivity contribution in [1.82, 2.24) is 4.90 Å². The van der Waals surface area contributed by atoms with E-state index in [4.69, 9.17) is 10.5 Å². The van der Waals surface area contributed by atoms with Crippen LogP contribution >= 0.6 is 0 Å². The van der Waals surface area contributed by atoms with Crippen molar-refractivity contribution in [2.24, 2.45) is 11.7 Å². The van der Waals surface area contributed by atoms with Crippen molar-refractivity contribution in [3.8, 4) is 0 Å². The maximum Gasteiger partial charge on any atom is 0.393 e. The van der Waals surface area contributed by atoms with Gasteiger partial charge in [-0.1, -0.05) is 0 Å². The molecule has 90 valence electrons. The Morgan fingerprint density at radius 1 is 1.27 bits per heavy atom. The summed E-state index contributed by atoms with van der Waals surface area (Å²) in [7, 11) is 0. The molecule has 6 heteroatoms. The van der Waals surface area contributed by atoms with E-state index in [-0.39, 0.29) is 13.0 Å². The monoisotopic (exact) mass is 226 g/mol. The molecule has 0 radical (unpaired) electrons. The van der Waals surface area contributed by atoms with Gasteiger partial charge in [0.05, 0.1) is 19.1 Å². The van der Waals surface area contributed by atoms with Crippen LogP contribution in [0.2, 0.25) is 0 Å². The Bertz CT molecular complexity index is 181. The highest BCUT2D eigenvalue weighted by atomic mass is 19.4. The molecular weight excluding hydrogens is 209 g/mol. The van der Waals surface area contributed by atoms with Gasteiger partial charge in [0.25, 0.3) is 0 Å². The number of alkyl halides is 3. The highest BCUT2D eigenvalue weighted by Gasteiger charge is 2.38. The van der Waals surface area contributed by atoms with E-state index in [0.717, 1.165) is 13.1 Å². The predicted octanol–water partition coefficient (Wildman–Crippen LogP) is 0.846. The van der Waals surface area contributed by atoms with E-state index in [1.807, 2.05) is 4.90 Å². The first kappa shape index (κ1) is 12.7. The molecule has 0 bridgehead atoms. The Balaban J connectivity index is 2.27. The summed E-state index contributed by atoms with van der Waals surface area (Å²) in [5.41, 5.74) is 5.11. The molecule has 0 aromatic heterocycles. The van der Waals surface area contributed by atoms with Crippen molar-refractivity contribution >= 4 is 0 Å². The molecule has 0 aromatic rings. The molecule has 0 aliphatic carbocycles. The predicted molar refractivity (Wildman–Crippen MR) is 50.5 cm³/mol. The molecule has 1 atom stereocenters. The van der Waals surface area contributed by atoms with Gasteiger partial charge in [0.15, 0.2) is 0 Å². The molecule has 3 nitrogen and oxygen atoms in total. The van der Waals surface area contributed by atoms with Gasteiger partial charge in [-0.3, -0.25) is 4.90 Å². The summed E-state index contributed by atoms with van der Waals surface area (Å²) in [6.07, 6.45) is -4.08. The van der Waals surface area contributed by atoms with Gasteiger partial charge in [-0.15, -0.1) is 0 Å². The fourth-order valence-corrected chi connectivity index (χ4v) is 1.58. The van der Waals surface area contributed by atoms with E-state index in [9.17, 15) is 13.2 Å². The summed E-state index contributed by atoms with van der Waals surface area (Å²) in [6, 6.07) is 0. The lowest BCUT2D eigenvalue weighted by atomic mass is 10.1. The molecule has 1 aliphatic heterocycles. The quantitative estimate of drug-likeness (QED) is 0.772. The standard InChI is InChI=1S/C9H17F3N2O/c10-9(11,12)8(7-13)1-2-14-3-5-15-6-4-14/h8H,1-7,13H2. The first-order valence-electron chi connectivity index (χ1n) is 5.11. The van der Waals surface area contributed by atoms with E-state index in [2.05, 4.69) is 0 Å². The molecule has 0 spiro atoms. The van der Waals surface area contributed by atoms with Gasteiger partial charge in [-0.2, -0.15) is 13.2 Å². The Kier molecular flexibility index (Phi) is 4.82. The summed E-state index contributed by atoms with van der Waals surface area (Å²) in [4.78, 5) is 1.98. The summed E-state index contributed by atoms with van der Waals surface area (Å²) >= 11 is 0. The molecule has 0 amide bonds. The minimum Gasteiger partial charge on any atom is -0.379 e. The number of nitrogens with zero attached hydrogens (tertiary/aromatic N) is 1. The van der Waals surface area contributed by atoms with Crippen molar-refractivity contribution in [1.29, 1.82) is 0 Å². The summed E-state index contributed by atoms with van der Waals surface area (Å²) in [5.74, 6) is -1.37. The molecule has 1 aliphatic rings. The molecule has 1 heterocycles. The van der Waals surface area contributed by atoms with Crippen LogP contribution in [-0.4, -0.2) is 50.5 Å². The molecule has 15 heavy (non-hydrogen) atoms. The van der Waals surface area contributed by atoms with Crippen LogP contribution in [0.5, 0.6) is 0 Å². The lowest BCUT2D eigenvalue weighted by Gasteiger charge is -2.28. The first-order chi connectivity index (χ1) is 7.04. The fraction of sp³-hybridized carbons (Fsp3) is 1.00. The van der Waals surface area contributed by atoms with Crippen molar-refractivity contribution in [2.45, 2.75) is 12.6 Å². The number of morpholine rings is 1. The van der Waals surface area contributed by atoms with Crippen LogP contribution in [0.4, 0.5) is 13.2 Å². The second-order valence-electron chi connectivity index (χ2n) is 3.72. The van der Waals surface area contributed by atoms with E-state index >= 15 is 0 Å². The third-order valence-electron chi connectivity index (χ3n) is 2.64. The van der Waals surface area contributed by atoms with Crippen LogP contribution in [0.15, 0.2) is 0 Å². The lowest BCUT2D eigenvalue weighted by molar-refractivity contribution is -0.174. The molecule has 0 saturated carbocycles. The van der Waals surface area contributed by atoms with Gasteiger partial charge in [-0.05, 0) is 13.0 Å². The molecule has 1 saturated heterocycles. The summed E-state index contributed by atoms with van der Waals surface area (Å²) < 4.78 is 42.2. The highest BCUT2D eigenvalue weighted by molar-refractivity contribution is 4.71. The number of hydrogen-bond donors (Lipinski definition) is 1. The average Bonchev–Trinajstić information content (AvgIpc) is 2.18.